The van der Waals surface area contributed by atoms with Crippen LogP contribution >= 0.6 is 15.9 Å². The van der Waals surface area contributed by atoms with Gasteiger partial charge in [-0.15, -0.1) is 0 Å². The highest BCUT2D eigenvalue weighted by molar-refractivity contribution is 9.10. The van der Waals surface area contributed by atoms with E-state index in [4.69, 9.17) is 9.47 Å². The Labute approximate surface area is 174 Å². The molecule has 2 aliphatic rings. The monoisotopic (exact) mass is 444 g/mol. The van der Waals surface area contributed by atoms with Crippen LogP contribution in [0.25, 0.3) is 0 Å². The molecule has 0 radical (unpaired) electrons. The molecule has 4 rings (SSSR count). The summed E-state index contributed by atoms with van der Waals surface area (Å²) < 4.78 is 12.2. The fourth-order valence-corrected chi connectivity index (χ4v) is 3.98. The molecule has 2 aliphatic heterocycles. The van der Waals surface area contributed by atoms with Crippen LogP contribution in [0.2, 0.25) is 0 Å². The molecule has 2 aromatic rings. The van der Waals surface area contributed by atoms with Crippen molar-refractivity contribution in [2.24, 2.45) is 0 Å². The molecule has 0 spiro atoms. The quantitative estimate of drug-likeness (QED) is 0.695. The van der Waals surface area contributed by atoms with E-state index in [0.717, 1.165) is 61.6 Å². The van der Waals surface area contributed by atoms with E-state index in [1.54, 1.807) is 0 Å². The van der Waals surface area contributed by atoms with Gasteiger partial charge in [0.2, 0.25) is 0 Å². The zero-order chi connectivity index (χ0) is 19.3. The number of hydrogen-bond donors (Lipinski definition) is 0. The van der Waals surface area contributed by atoms with Crippen molar-refractivity contribution in [1.29, 1.82) is 0 Å². The normalized spacial score (nSPS) is 19.6. The Balaban J connectivity index is 1.54. The van der Waals surface area contributed by atoms with Gasteiger partial charge in [-0.1, -0.05) is 15.9 Å². The van der Waals surface area contributed by atoms with Crippen LogP contribution in [0.3, 0.4) is 0 Å². The summed E-state index contributed by atoms with van der Waals surface area (Å²) in [5.74, 6) is 0.00588. The van der Waals surface area contributed by atoms with Gasteiger partial charge in [-0.25, -0.2) is 0 Å². The maximum absolute atomic E-state index is 13.3. The number of anilines is 2. The number of rotatable bonds is 5. The Morgan fingerprint density at radius 3 is 2.39 bits per heavy atom. The number of halogens is 1. The third-order valence-electron chi connectivity index (χ3n) is 5.28. The van der Waals surface area contributed by atoms with Gasteiger partial charge in [0.25, 0.3) is 5.91 Å². The van der Waals surface area contributed by atoms with Crippen molar-refractivity contribution in [3.05, 3.63) is 58.6 Å². The average molecular weight is 445 g/mol. The summed E-state index contributed by atoms with van der Waals surface area (Å²) in [7, 11) is 0. The summed E-state index contributed by atoms with van der Waals surface area (Å²) in [5.41, 5.74) is 2.72. The number of morpholine rings is 1. The molecule has 5 nitrogen and oxygen atoms in total. The highest BCUT2D eigenvalue weighted by Gasteiger charge is 2.25. The van der Waals surface area contributed by atoms with Crippen molar-refractivity contribution < 1.29 is 14.3 Å². The van der Waals surface area contributed by atoms with Crippen molar-refractivity contribution in [2.45, 2.75) is 18.9 Å². The van der Waals surface area contributed by atoms with Crippen molar-refractivity contribution in [1.82, 2.24) is 0 Å². The molecule has 2 fully saturated rings. The van der Waals surface area contributed by atoms with E-state index < -0.39 is 0 Å². The molecule has 0 bridgehead atoms. The van der Waals surface area contributed by atoms with Crippen LogP contribution in [0.15, 0.2) is 53.0 Å². The van der Waals surface area contributed by atoms with Gasteiger partial charge < -0.3 is 19.3 Å². The average Bonchev–Trinajstić information content (AvgIpc) is 3.26. The molecule has 148 valence electrons. The van der Waals surface area contributed by atoms with Crippen LogP contribution in [0.5, 0.6) is 0 Å². The molecule has 6 heteroatoms. The minimum absolute atomic E-state index is 0.00588. The van der Waals surface area contributed by atoms with Crippen LogP contribution in [0.4, 0.5) is 11.4 Å². The van der Waals surface area contributed by atoms with E-state index in [1.165, 1.54) is 0 Å². The molecule has 0 unspecified atom stereocenters. The lowest BCUT2D eigenvalue weighted by molar-refractivity contribution is 0.0917. The van der Waals surface area contributed by atoms with Crippen LogP contribution < -0.4 is 9.80 Å². The standard InChI is InChI=1S/C22H25BrN2O3/c23-18-5-9-20(10-6-18)25(16-21-2-1-13-28-21)22(26)17-3-7-19(8-4-17)24-11-14-27-15-12-24/h3-10,21H,1-2,11-16H2/t21-/m0/s1. The lowest BCUT2D eigenvalue weighted by Crippen LogP contribution is -2.38. The molecule has 1 amide bonds. The van der Waals surface area contributed by atoms with E-state index in [2.05, 4.69) is 20.8 Å². The third-order valence-corrected chi connectivity index (χ3v) is 5.81. The van der Waals surface area contributed by atoms with Crippen molar-refractivity contribution in [3.63, 3.8) is 0 Å². The van der Waals surface area contributed by atoms with Crippen molar-refractivity contribution in [3.8, 4) is 0 Å². The molecule has 2 saturated heterocycles. The van der Waals surface area contributed by atoms with Crippen molar-refractivity contribution in [2.75, 3.05) is 49.3 Å². The second-order valence-electron chi connectivity index (χ2n) is 7.17. The number of carbonyl (C=O) groups is 1. The van der Waals surface area contributed by atoms with E-state index in [1.807, 2.05) is 53.4 Å². The molecule has 2 heterocycles. The van der Waals surface area contributed by atoms with E-state index in [0.29, 0.717) is 12.1 Å². The molecule has 28 heavy (non-hydrogen) atoms. The molecule has 1 atom stereocenters. The maximum atomic E-state index is 13.3. The lowest BCUT2D eigenvalue weighted by atomic mass is 10.1. The molecular formula is C22H25BrN2O3. The molecule has 0 aliphatic carbocycles. The van der Waals surface area contributed by atoms with Gasteiger partial charge in [-0.05, 0) is 61.4 Å². The molecule has 0 saturated carbocycles. The summed E-state index contributed by atoms with van der Waals surface area (Å²) in [6.45, 7) is 4.63. The number of hydrogen-bond acceptors (Lipinski definition) is 4. The van der Waals surface area contributed by atoms with Gasteiger partial charge in [0.15, 0.2) is 0 Å². The highest BCUT2D eigenvalue weighted by Crippen LogP contribution is 2.24. The number of nitrogens with zero attached hydrogens (tertiary/aromatic N) is 2. The van der Waals surface area contributed by atoms with E-state index in [9.17, 15) is 4.79 Å². The van der Waals surface area contributed by atoms with Gasteiger partial charge in [0.1, 0.15) is 0 Å². The number of amides is 1. The van der Waals surface area contributed by atoms with Crippen LogP contribution in [0.1, 0.15) is 23.2 Å². The highest BCUT2D eigenvalue weighted by atomic mass is 79.9. The zero-order valence-electron chi connectivity index (χ0n) is 15.9. The molecular weight excluding hydrogens is 420 g/mol. The van der Waals surface area contributed by atoms with Crippen LogP contribution in [-0.2, 0) is 9.47 Å². The summed E-state index contributed by atoms with van der Waals surface area (Å²) in [4.78, 5) is 17.5. The van der Waals surface area contributed by atoms with Crippen LogP contribution in [0, 0.1) is 0 Å². The maximum Gasteiger partial charge on any atom is 0.258 e. The first-order valence-electron chi connectivity index (χ1n) is 9.82. The Hall–Kier alpha value is -1.89. The van der Waals surface area contributed by atoms with E-state index >= 15 is 0 Å². The fraction of sp³-hybridized carbons (Fsp3) is 0.409. The Morgan fingerprint density at radius 1 is 1.04 bits per heavy atom. The summed E-state index contributed by atoms with van der Waals surface area (Å²) in [6.07, 6.45) is 2.15. The lowest BCUT2D eigenvalue weighted by Gasteiger charge is -2.29. The number of ether oxygens (including phenoxy) is 2. The van der Waals surface area contributed by atoms with Gasteiger partial charge in [-0.2, -0.15) is 0 Å². The van der Waals surface area contributed by atoms with Gasteiger partial charge in [0.05, 0.1) is 25.9 Å². The Bertz CT molecular complexity index is 782. The van der Waals surface area contributed by atoms with Gasteiger partial charge >= 0.3 is 0 Å². The molecule has 0 N–H and O–H groups in total. The first-order valence-corrected chi connectivity index (χ1v) is 10.6. The topological polar surface area (TPSA) is 42.0 Å². The Morgan fingerprint density at radius 2 is 1.75 bits per heavy atom. The first-order chi connectivity index (χ1) is 13.7. The SMILES string of the molecule is O=C(c1ccc(N2CCOCC2)cc1)N(C[C@@H]1CCCO1)c1ccc(Br)cc1. The molecule has 0 aromatic heterocycles. The number of benzene rings is 2. The minimum atomic E-state index is 0.00588. The second kappa shape index (κ2) is 9.07. The Kier molecular flexibility index (Phi) is 6.29. The first kappa shape index (κ1) is 19.4. The smallest absolute Gasteiger partial charge is 0.258 e. The predicted octanol–water partition coefficient (Wildman–Crippen LogP) is 4.11. The van der Waals surface area contributed by atoms with Gasteiger partial charge in [0, 0.05) is 41.1 Å². The zero-order valence-corrected chi connectivity index (χ0v) is 17.4. The predicted molar refractivity (Wildman–Crippen MR) is 114 cm³/mol. The largest absolute Gasteiger partial charge is 0.378 e. The summed E-state index contributed by atoms with van der Waals surface area (Å²) in [5, 5.41) is 0. The minimum Gasteiger partial charge on any atom is -0.378 e. The van der Waals surface area contributed by atoms with E-state index in [-0.39, 0.29) is 12.0 Å². The van der Waals surface area contributed by atoms with Crippen molar-refractivity contribution >= 4 is 33.2 Å². The van der Waals surface area contributed by atoms with Gasteiger partial charge in [-0.3, -0.25) is 4.79 Å². The third kappa shape index (κ3) is 4.57. The molecule has 2 aromatic carbocycles. The summed E-state index contributed by atoms with van der Waals surface area (Å²) in [6, 6.07) is 15.8. The fourth-order valence-electron chi connectivity index (χ4n) is 3.71. The number of carbonyl (C=O) groups excluding carboxylic acids is 1. The second-order valence-corrected chi connectivity index (χ2v) is 8.09. The van der Waals surface area contributed by atoms with Crippen LogP contribution in [-0.4, -0.2) is 51.5 Å². The summed E-state index contributed by atoms with van der Waals surface area (Å²) >= 11 is 3.47.